The van der Waals surface area contributed by atoms with E-state index in [4.69, 9.17) is 4.74 Å². The number of nitrogens with zero attached hydrogens (tertiary/aromatic N) is 2. The Morgan fingerprint density at radius 2 is 2.00 bits per heavy atom. The number of hydrogen-bond acceptors (Lipinski definition) is 5. The molecule has 1 spiro atoms. The highest BCUT2D eigenvalue weighted by molar-refractivity contribution is 6.09. The monoisotopic (exact) mass is 416 g/mol. The standard InChI is InChI=1S/C22H32N4O4/c1-16-6-4-5-11-22(16)20(28)26(21(29)24-22)15-19(27)23-14-17-7-9-18(10-8-17)30-13-12-25(2)3/h7-10,16H,4-6,11-15H2,1-3H3,(H,23,27)(H,24,29). The molecule has 3 rings (SSSR count). The molecule has 30 heavy (non-hydrogen) atoms. The molecule has 0 aromatic heterocycles. The van der Waals surface area contributed by atoms with Crippen LogP contribution in [0.2, 0.25) is 0 Å². The molecule has 1 aromatic carbocycles. The predicted octanol–water partition coefficient (Wildman–Crippen LogP) is 1.74. The minimum atomic E-state index is -0.835. The van der Waals surface area contributed by atoms with Crippen molar-refractivity contribution in [2.45, 2.75) is 44.7 Å². The summed E-state index contributed by atoms with van der Waals surface area (Å²) < 4.78 is 5.66. The first-order valence-electron chi connectivity index (χ1n) is 10.6. The highest BCUT2D eigenvalue weighted by atomic mass is 16.5. The third kappa shape index (κ3) is 4.92. The molecule has 2 N–H and O–H groups in total. The van der Waals surface area contributed by atoms with Gasteiger partial charge >= 0.3 is 6.03 Å². The Morgan fingerprint density at radius 3 is 2.67 bits per heavy atom. The zero-order valence-corrected chi connectivity index (χ0v) is 18.1. The van der Waals surface area contributed by atoms with Crippen LogP contribution in [0.4, 0.5) is 4.79 Å². The van der Waals surface area contributed by atoms with E-state index in [-0.39, 0.29) is 24.3 Å². The number of amides is 4. The van der Waals surface area contributed by atoms with Gasteiger partial charge in [0, 0.05) is 13.1 Å². The fourth-order valence-corrected chi connectivity index (χ4v) is 4.09. The average Bonchev–Trinajstić information content (AvgIpc) is 2.94. The number of carbonyl (C=O) groups excluding carboxylic acids is 3. The lowest BCUT2D eigenvalue weighted by Gasteiger charge is -2.36. The lowest BCUT2D eigenvalue weighted by Crippen LogP contribution is -2.54. The minimum Gasteiger partial charge on any atom is -0.492 e. The van der Waals surface area contributed by atoms with Gasteiger partial charge in [-0.3, -0.25) is 14.5 Å². The smallest absolute Gasteiger partial charge is 0.325 e. The molecule has 1 saturated heterocycles. The van der Waals surface area contributed by atoms with Gasteiger partial charge in [-0.25, -0.2) is 4.79 Å². The van der Waals surface area contributed by atoms with Crippen molar-refractivity contribution in [3.63, 3.8) is 0 Å². The first-order valence-corrected chi connectivity index (χ1v) is 10.6. The maximum absolute atomic E-state index is 12.9. The number of likely N-dealkylation sites (N-methyl/N-ethyl adjacent to an activating group) is 1. The number of rotatable bonds is 8. The summed E-state index contributed by atoms with van der Waals surface area (Å²) in [4.78, 5) is 40.8. The van der Waals surface area contributed by atoms with Crippen molar-refractivity contribution in [1.82, 2.24) is 20.4 Å². The minimum absolute atomic E-state index is 0.0780. The van der Waals surface area contributed by atoms with E-state index in [0.717, 1.165) is 42.0 Å². The SMILES string of the molecule is CC1CCCCC12NC(=O)N(CC(=O)NCc1ccc(OCCN(C)C)cc1)C2=O. The summed E-state index contributed by atoms with van der Waals surface area (Å²) >= 11 is 0. The van der Waals surface area contributed by atoms with Crippen molar-refractivity contribution in [2.75, 3.05) is 33.8 Å². The highest BCUT2D eigenvalue weighted by Crippen LogP contribution is 2.38. The maximum atomic E-state index is 12.9. The van der Waals surface area contributed by atoms with Gasteiger partial charge in [-0.05, 0) is 50.6 Å². The van der Waals surface area contributed by atoms with Crippen LogP contribution in [-0.4, -0.2) is 67.0 Å². The topological polar surface area (TPSA) is 91.0 Å². The van der Waals surface area contributed by atoms with Crippen molar-refractivity contribution in [3.8, 4) is 5.75 Å². The molecule has 1 saturated carbocycles. The first kappa shape index (κ1) is 22.1. The van der Waals surface area contributed by atoms with Crippen LogP contribution >= 0.6 is 0 Å². The largest absolute Gasteiger partial charge is 0.492 e. The van der Waals surface area contributed by atoms with Crippen LogP contribution in [0, 0.1) is 5.92 Å². The van der Waals surface area contributed by atoms with Crippen LogP contribution < -0.4 is 15.4 Å². The summed E-state index contributed by atoms with van der Waals surface area (Å²) in [5.74, 6) is 0.228. The Hall–Kier alpha value is -2.61. The molecule has 8 nitrogen and oxygen atoms in total. The average molecular weight is 417 g/mol. The van der Waals surface area contributed by atoms with Crippen LogP contribution in [0.15, 0.2) is 24.3 Å². The number of hydrogen-bond donors (Lipinski definition) is 2. The van der Waals surface area contributed by atoms with E-state index in [2.05, 4.69) is 10.6 Å². The molecule has 2 aliphatic rings. The Bertz CT molecular complexity index is 780. The molecule has 4 amide bonds. The molecule has 8 heteroatoms. The molecular weight excluding hydrogens is 384 g/mol. The van der Waals surface area contributed by atoms with Crippen LogP contribution in [0.25, 0.3) is 0 Å². The molecular formula is C22H32N4O4. The van der Waals surface area contributed by atoms with Crippen molar-refractivity contribution < 1.29 is 19.1 Å². The molecule has 0 radical (unpaired) electrons. The lowest BCUT2D eigenvalue weighted by atomic mass is 9.73. The van der Waals surface area contributed by atoms with Gasteiger partial charge in [-0.15, -0.1) is 0 Å². The van der Waals surface area contributed by atoms with E-state index in [1.807, 2.05) is 50.2 Å². The summed E-state index contributed by atoms with van der Waals surface area (Å²) in [6, 6.07) is 7.03. The van der Waals surface area contributed by atoms with Gasteiger partial charge in [-0.2, -0.15) is 0 Å². The molecule has 1 aromatic rings. The number of urea groups is 1. The molecule has 164 valence electrons. The van der Waals surface area contributed by atoms with Crippen molar-refractivity contribution in [1.29, 1.82) is 0 Å². The van der Waals surface area contributed by atoms with Crippen LogP contribution in [0.3, 0.4) is 0 Å². The molecule has 0 bridgehead atoms. The van der Waals surface area contributed by atoms with E-state index in [0.29, 0.717) is 19.6 Å². The third-order valence-electron chi connectivity index (χ3n) is 6.02. The quantitative estimate of drug-likeness (QED) is 0.630. The second-order valence-electron chi connectivity index (χ2n) is 8.51. The van der Waals surface area contributed by atoms with Gasteiger partial charge < -0.3 is 20.3 Å². The summed E-state index contributed by atoms with van der Waals surface area (Å²) in [7, 11) is 3.98. The van der Waals surface area contributed by atoms with Gasteiger partial charge in [0.15, 0.2) is 0 Å². The Kier molecular flexibility index (Phi) is 6.97. The zero-order valence-electron chi connectivity index (χ0n) is 18.1. The Balaban J connectivity index is 1.49. The van der Waals surface area contributed by atoms with Crippen molar-refractivity contribution >= 4 is 17.8 Å². The normalized spacial score (nSPS) is 23.7. The van der Waals surface area contributed by atoms with E-state index < -0.39 is 11.6 Å². The maximum Gasteiger partial charge on any atom is 0.325 e. The summed E-state index contributed by atoms with van der Waals surface area (Å²) in [6.07, 6.45) is 3.51. The van der Waals surface area contributed by atoms with Crippen LogP contribution in [0.1, 0.15) is 38.2 Å². The van der Waals surface area contributed by atoms with Crippen LogP contribution in [0.5, 0.6) is 5.75 Å². The number of carbonyl (C=O) groups is 3. The van der Waals surface area contributed by atoms with Crippen molar-refractivity contribution in [3.05, 3.63) is 29.8 Å². The summed E-state index contributed by atoms with van der Waals surface area (Å²) in [5.41, 5.74) is 0.0794. The van der Waals surface area contributed by atoms with Crippen molar-refractivity contribution in [2.24, 2.45) is 5.92 Å². The first-order chi connectivity index (χ1) is 14.3. The second kappa shape index (κ2) is 9.47. The summed E-state index contributed by atoms with van der Waals surface area (Å²) in [5, 5.41) is 5.66. The number of ether oxygens (including phenoxy) is 1. The third-order valence-corrected chi connectivity index (χ3v) is 6.02. The Labute approximate surface area is 177 Å². The number of imide groups is 1. The highest BCUT2D eigenvalue weighted by Gasteiger charge is 2.55. The lowest BCUT2D eigenvalue weighted by molar-refractivity contribution is -0.137. The van der Waals surface area contributed by atoms with Crippen LogP contribution in [-0.2, 0) is 16.1 Å². The molecule has 2 fully saturated rings. The molecule has 1 heterocycles. The second-order valence-corrected chi connectivity index (χ2v) is 8.51. The van der Waals surface area contributed by atoms with Gasteiger partial charge in [0.05, 0.1) is 0 Å². The molecule has 1 aliphatic heterocycles. The van der Waals surface area contributed by atoms with E-state index in [1.165, 1.54) is 0 Å². The van der Waals surface area contributed by atoms with Gasteiger partial charge in [0.1, 0.15) is 24.4 Å². The number of benzene rings is 1. The zero-order chi connectivity index (χ0) is 21.7. The number of nitrogens with one attached hydrogen (secondary N) is 2. The van der Waals surface area contributed by atoms with E-state index in [1.54, 1.807) is 0 Å². The summed E-state index contributed by atoms with van der Waals surface area (Å²) in [6.45, 7) is 3.50. The van der Waals surface area contributed by atoms with Gasteiger partial charge in [-0.1, -0.05) is 31.9 Å². The van der Waals surface area contributed by atoms with Gasteiger partial charge in [0.25, 0.3) is 5.91 Å². The van der Waals surface area contributed by atoms with E-state index >= 15 is 0 Å². The van der Waals surface area contributed by atoms with E-state index in [9.17, 15) is 14.4 Å². The fourth-order valence-electron chi connectivity index (χ4n) is 4.09. The Morgan fingerprint density at radius 1 is 1.27 bits per heavy atom. The predicted molar refractivity (Wildman–Crippen MR) is 113 cm³/mol. The molecule has 1 aliphatic carbocycles. The molecule has 2 atom stereocenters. The van der Waals surface area contributed by atoms with Gasteiger partial charge in [0.2, 0.25) is 5.91 Å². The molecule has 2 unspecified atom stereocenters. The fraction of sp³-hybridized carbons (Fsp3) is 0.591.